The van der Waals surface area contributed by atoms with Gasteiger partial charge in [-0.1, -0.05) is 42.5 Å². The highest BCUT2D eigenvalue weighted by atomic mass is 32.2. The number of halogens is 3. The quantitative estimate of drug-likeness (QED) is 0.426. The second-order valence-electron chi connectivity index (χ2n) is 8.48. The maximum Gasteiger partial charge on any atom is 0.573 e. The van der Waals surface area contributed by atoms with E-state index in [1.807, 2.05) is 36.4 Å². The molecule has 1 aliphatic heterocycles. The molecule has 0 aliphatic carbocycles. The van der Waals surface area contributed by atoms with E-state index >= 15 is 0 Å². The number of nitrogens with zero attached hydrogens (tertiary/aromatic N) is 3. The SMILES string of the molecule is N#Cc1cccc(S(=O)(=O)N(c2cccc(OC(F)(F)F)c2)C2CCN(Cc3ccccc3)CC2)c1. The Morgan fingerprint density at radius 2 is 1.67 bits per heavy atom. The number of piperidine rings is 1. The van der Waals surface area contributed by atoms with Gasteiger partial charge in [-0.05, 0) is 48.7 Å². The van der Waals surface area contributed by atoms with Crippen molar-refractivity contribution < 1.29 is 26.3 Å². The van der Waals surface area contributed by atoms with Gasteiger partial charge >= 0.3 is 6.36 Å². The molecule has 0 aromatic heterocycles. The van der Waals surface area contributed by atoms with Crippen LogP contribution < -0.4 is 9.04 Å². The monoisotopic (exact) mass is 515 g/mol. The first-order valence-corrected chi connectivity index (χ1v) is 12.8. The van der Waals surface area contributed by atoms with Gasteiger partial charge in [-0.15, -0.1) is 13.2 Å². The third-order valence-corrected chi connectivity index (χ3v) is 7.84. The smallest absolute Gasteiger partial charge is 0.406 e. The number of hydrogen-bond acceptors (Lipinski definition) is 5. The Balaban J connectivity index is 1.65. The van der Waals surface area contributed by atoms with Crippen molar-refractivity contribution in [2.24, 2.45) is 0 Å². The Bertz CT molecular complexity index is 1330. The molecule has 4 rings (SSSR count). The van der Waals surface area contributed by atoms with Crippen LogP contribution in [0.15, 0.2) is 83.8 Å². The fraction of sp³-hybridized carbons (Fsp3) is 0.269. The molecule has 0 unspecified atom stereocenters. The van der Waals surface area contributed by atoms with Crippen molar-refractivity contribution in [2.45, 2.75) is 36.7 Å². The van der Waals surface area contributed by atoms with E-state index in [1.165, 1.54) is 40.7 Å². The second kappa shape index (κ2) is 10.6. The first-order chi connectivity index (χ1) is 17.2. The lowest BCUT2D eigenvalue weighted by atomic mass is 10.0. The lowest BCUT2D eigenvalue weighted by molar-refractivity contribution is -0.274. The van der Waals surface area contributed by atoms with Gasteiger partial charge in [0.05, 0.1) is 22.2 Å². The van der Waals surface area contributed by atoms with Gasteiger partial charge in [-0.25, -0.2) is 8.42 Å². The van der Waals surface area contributed by atoms with Crippen LogP contribution >= 0.6 is 0 Å². The fourth-order valence-corrected chi connectivity index (χ4v) is 6.10. The normalized spacial score (nSPS) is 15.3. The number of sulfonamides is 1. The highest BCUT2D eigenvalue weighted by molar-refractivity contribution is 7.92. The van der Waals surface area contributed by atoms with Gasteiger partial charge in [0.1, 0.15) is 5.75 Å². The largest absolute Gasteiger partial charge is 0.573 e. The second-order valence-corrected chi connectivity index (χ2v) is 10.3. The van der Waals surface area contributed by atoms with Crippen molar-refractivity contribution in [1.82, 2.24) is 4.90 Å². The number of likely N-dealkylation sites (tertiary alicyclic amines) is 1. The lowest BCUT2D eigenvalue weighted by Crippen LogP contribution is -2.47. The molecule has 1 heterocycles. The molecule has 0 bridgehead atoms. The molecule has 1 aliphatic rings. The average Bonchev–Trinajstić information content (AvgIpc) is 2.85. The fourth-order valence-electron chi connectivity index (χ4n) is 4.36. The Morgan fingerprint density at radius 1 is 0.972 bits per heavy atom. The van der Waals surface area contributed by atoms with Crippen LogP contribution in [-0.4, -0.2) is 38.8 Å². The minimum atomic E-state index is -4.91. The zero-order valence-electron chi connectivity index (χ0n) is 19.2. The first kappa shape index (κ1) is 25.5. The van der Waals surface area contributed by atoms with E-state index in [4.69, 9.17) is 0 Å². The van der Waals surface area contributed by atoms with Crippen LogP contribution in [0.25, 0.3) is 0 Å². The van der Waals surface area contributed by atoms with Crippen LogP contribution in [0.3, 0.4) is 0 Å². The van der Waals surface area contributed by atoms with E-state index in [2.05, 4.69) is 9.64 Å². The van der Waals surface area contributed by atoms with Gasteiger partial charge < -0.3 is 4.74 Å². The number of rotatable bonds is 7. The highest BCUT2D eigenvalue weighted by Crippen LogP contribution is 2.34. The Hall–Kier alpha value is -3.55. The summed E-state index contributed by atoms with van der Waals surface area (Å²) in [5, 5.41) is 9.24. The van der Waals surface area contributed by atoms with Crippen LogP contribution in [0.5, 0.6) is 5.75 Å². The average molecular weight is 516 g/mol. The van der Waals surface area contributed by atoms with E-state index in [-0.39, 0.29) is 16.1 Å². The number of benzene rings is 3. The number of anilines is 1. The Labute approximate surface area is 208 Å². The number of alkyl halides is 3. The van der Waals surface area contributed by atoms with E-state index in [1.54, 1.807) is 0 Å². The third-order valence-electron chi connectivity index (χ3n) is 5.96. The van der Waals surface area contributed by atoms with Gasteiger partial charge in [0.2, 0.25) is 0 Å². The van der Waals surface area contributed by atoms with E-state index in [0.29, 0.717) is 25.9 Å². The molecule has 36 heavy (non-hydrogen) atoms. The van der Waals surface area contributed by atoms with Gasteiger partial charge in [-0.3, -0.25) is 9.21 Å². The summed E-state index contributed by atoms with van der Waals surface area (Å²) in [5.41, 5.74) is 1.38. The van der Waals surface area contributed by atoms with Gasteiger partial charge in [-0.2, -0.15) is 5.26 Å². The lowest BCUT2D eigenvalue weighted by Gasteiger charge is -2.39. The summed E-state index contributed by atoms with van der Waals surface area (Å²) in [6, 6.07) is 21.9. The van der Waals surface area contributed by atoms with Gasteiger partial charge in [0.15, 0.2) is 0 Å². The molecule has 0 radical (unpaired) electrons. The molecule has 0 amide bonds. The maximum atomic E-state index is 13.8. The molecule has 0 atom stereocenters. The molecule has 188 valence electrons. The minimum absolute atomic E-state index is 0.0700. The summed E-state index contributed by atoms with van der Waals surface area (Å²) in [7, 11) is -4.20. The van der Waals surface area contributed by atoms with Crippen molar-refractivity contribution in [3.63, 3.8) is 0 Å². The Kier molecular flexibility index (Phi) is 7.52. The molecule has 0 spiro atoms. The molecule has 3 aromatic carbocycles. The van der Waals surface area contributed by atoms with Gasteiger partial charge in [0, 0.05) is 31.7 Å². The van der Waals surface area contributed by atoms with Crippen LogP contribution in [0, 0.1) is 11.3 Å². The summed E-state index contributed by atoms with van der Waals surface area (Å²) in [5.74, 6) is -0.507. The van der Waals surface area contributed by atoms with Crippen LogP contribution in [-0.2, 0) is 16.6 Å². The summed E-state index contributed by atoms with van der Waals surface area (Å²) in [6.07, 6.45) is -3.95. The minimum Gasteiger partial charge on any atom is -0.406 e. The zero-order valence-corrected chi connectivity index (χ0v) is 20.0. The standard InChI is InChI=1S/C26H24F3N3O3S/c27-26(28,29)35-24-10-5-9-23(17-24)32(36(33,34)25-11-4-8-21(16-25)18-30)22-12-14-31(15-13-22)19-20-6-2-1-3-7-20/h1-11,16-17,22H,12-15,19H2. The molecule has 0 saturated carbocycles. The molecule has 6 nitrogen and oxygen atoms in total. The molecular weight excluding hydrogens is 491 g/mol. The Morgan fingerprint density at radius 3 is 2.33 bits per heavy atom. The van der Waals surface area contributed by atoms with Crippen LogP contribution in [0.4, 0.5) is 18.9 Å². The third kappa shape index (κ3) is 6.17. The van der Waals surface area contributed by atoms with Crippen molar-refractivity contribution >= 4 is 15.7 Å². The maximum absolute atomic E-state index is 13.8. The number of hydrogen-bond donors (Lipinski definition) is 0. The highest BCUT2D eigenvalue weighted by Gasteiger charge is 2.36. The predicted molar refractivity (Wildman–Crippen MR) is 129 cm³/mol. The first-order valence-electron chi connectivity index (χ1n) is 11.3. The van der Waals surface area contributed by atoms with E-state index in [0.717, 1.165) is 24.2 Å². The zero-order chi connectivity index (χ0) is 25.8. The summed E-state index contributed by atoms with van der Waals surface area (Å²) >= 11 is 0. The van der Waals surface area contributed by atoms with Gasteiger partial charge in [0.25, 0.3) is 10.0 Å². The molecule has 1 fully saturated rings. The summed E-state index contributed by atoms with van der Waals surface area (Å²) < 4.78 is 71.4. The van der Waals surface area contributed by atoms with Crippen LogP contribution in [0.2, 0.25) is 0 Å². The molecule has 0 N–H and O–H groups in total. The van der Waals surface area contributed by atoms with Crippen molar-refractivity contribution in [3.05, 3.63) is 90.0 Å². The van der Waals surface area contributed by atoms with Crippen molar-refractivity contribution in [2.75, 3.05) is 17.4 Å². The van der Waals surface area contributed by atoms with E-state index in [9.17, 15) is 26.9 Å². The topological polar surface area (TPSA) is 73.6 Å². The van der Waals surface area contributed by atoms with E-state index < -0.39 is 28.2 Å². The molecule has 1 saturated heterocycles. The molecule has 3 aromatic rings. The predicted octanol–water partition coefficient (Wildman–Crippen LogP) is 5.32. The van der Waals surface area contributed by atoms with Crippen molar-refractivity contribution in [3.8, 4) is 11.8 Å². The summed E-state index contributed by atoms with van der Waals surface area (Å²) in [6.45, 7) is 1.95. The molecule has 10 heteroatoms. The van der Waals surface area contributed by atoms with Crippen LogP contribution in [0.1, 0.15) is 24.0 Å². The van der Waals surface area contributed by atoms with Crippen molar-refractivity contribution in [1.29, 1.82) is 5.26 Å². The number of ether oxygens (including phenoxy) is 1. The summed E-state index contributed by atoms with van der Waals surface area (Å²) in [4.78, 5) is 2.12. The molecular formula is C26H24F3N3O3S. The number of nitriles is 1.